The van der Waals surface area contributed by atoms with E-state index < -0.39 is 12.1 Å². The van der Waals surface area contributed by atoms with Gasteiger partial charge in [-0.05, 0) is 61.0 Å². The van der Waals surface area contributed by atoms with E-state index in [1.807, 2.05) is 37.3 Å². The van der Waals surface area contributed by atoms with E-state index >= 15 is 0 Å². The number of aromatic nitrogens is 7. The number of nitrogens with zero attached hydrogens (tertiary/aromatic N) is 7. The Hall–Kier alpha value is -5.38. The van der Waals surface area contributed by atoms with Crippen molar-refractivity contribution in [1.82, 2.24) is 34.9 Å². The number of morpholine rings is 1. The van der Waals surface area contributed by atoms with Crippen LogP contribution >= 0.6 is 0 Å². The molecule has 6 rings (SSSR count). The predicted molar refractivity (Wildman–Crippen MR) is 151 cm³/mol. The molecule has 0 spiro atoms. The third-order valence-corrected chi connectivity index (χ3v) is 6.39. The van der Waals surface area contributed by atoms with Crippen molar-refractivity contribution in [2.24, 2.45) is 0 Å². The summed E-state index contributed by atoms with van der Waals surface area (Å²) < 4.78 is 53.3. The lowest BCUT2D eigenvalue weighted by atomic mass is 10.0. The van der Waals surface area contributed by atoms with Gasteiger partial charge in [0, 0.05) is 41.8 Å². The van der Waals surface area contributed by atoms with Gasteiger partial charge in [-0.1, -0.05) is 0 Å². The maximum absolute atomic E-state index is 14.5. The Morgan fingerprint density at radius 3 is 2.41 bits per heavy atom. The fourth-order valence-electron chi connectivity index (χ4n) is 4.23. The minimum absolute atomic E-state index is 0.346. The van der Waals surface area contributed by atoms with Crippen LogP contribution < -0.4 is 10.2 Å². The molecule has 0 unspecified atom stereocenters. The Kier molecular flexibility index (Phi) is 8.80. The Morgan fingerprint density at radius 1 is 1.05 bits per heavy atom. The number of hydrogen-bond donors (Lipinski definition) is 3. The zero-order chi connectivity index (χ0) is 31.3. The Balaban J connectivity index is 0.000000493. The average molecular weight is 612 g/mol. The van der Waals surface area contributed by atoms with Crippen LogP contribution in [0.4, 0.5) is 35.1 Å². The molecule has 3 N–H and O–H groups in total. The van der Waals surface area contributed by atoms with Gasteiger partial charge in [0.05, 0.1) is 30.8 Å². The number of benzene rings is 2. The summed E-state index contributed by atoms with van der Waals surface area (Å²) in [6.45, 7) is 4.83. The molecule has 0 atom stereocenters. The highest BCUT2D eigenvalue weighted by atomic mass is 19.4. The normalized spacial score (nSPS) is 13.2. The zero-order valence-electron chi connectivity index (χ0n) is 23.1. The molecule has 0 radical (unpaired) electrons. The van der Waals surface area contributed by atoms with Crippen molar-refractivity contribution in [3.63, 3.8) is 0 Å². The van der Waals surface area contributed by atoms with Crippen molar-refractivity contribution in [1.29, 1.82) is 0 Å². The van der Waals surface area contributed by atoms with Gasteiger partial charge in [0.15, 0.2) is 0 Å². The van der Waals surface area contributed by atoms with E-state index in [1.165, 1.54) is 12.1 Å². The Labute approximate surface area is 247 Å². The lowest BCUT2D eigenvalue weighted by molar-refractivity contribution is -0.192. The molecule has 1 saturated heterocycles. The average Bonchev–Trinajstić information content (AvgIpc) is 3.67. The lowest BCUT2D eigenvalue weighted by Crippen LogP contribution is -2.37. The van der Waals surface area contributed by atoms with Crippen LogP contribution in [-0.2, 0) is 9.53 Å². The summed E-state index contributed by atoms with van der Waals surface area (Å²) in [6.07, 6.45) is -0.0410. The van der Waals surface area contributed by atoms with Crippen molar-refractivity contribution in [3.05, 3.63) is 78.8 Å². The van der Waals surface area contributed by atoms with Crippen molar-refractivity contribution in [2.75, 3.05) is 36.5 Å². The summed E-state index contributed by atoms with van der Waals surface area (Å²) in [4.78, 5) is 24.4. The first-order valence-electron chi connectivity index (χ1n) is 13.1. The number of aryl methyl sites for hydroxylation is 1. The lowest BCUT2D eigenvalue weighted by Gasteiger charge is -2.25. The van der Waals surface area contributed by atoms with Gasteiger partial charge >= 0.3 is 12.1 Å². The van der Waals surface area contributed by atoms with Crippen LogP contribution in [0.15, 0.2) is 67.3 Å². The molecule has 44 heavy (non-hydrogen) atoms. The van der Waals surface area contributed by atoms with Crippen LogP contribution in [0.2, 0.25) is 0 Å². The Morgan fingerprint density at radius 2 is 1.75 bits per heavy atom. The first-order chi connectivity index (χ1) is 21.1. The number of anilines is 3. The van der Waals surface area contributed by atoms with Crippen LogP contribution in [0.5, 0.6) is 0 Å². The van der Waals surface area contributed by atoms with Crippen LogP contribution in [0, 0.1) is 12.7 Å². The standard InChI is InChI=1S/C26H24FN9O.C2HF3O2/c1-17-23(15-30-33-17)18-12-19(14-20(27)13-18)24-6-7-28-25(32-24)31-21-2-4-22(5-3-21)36-16-29-26(34-36)35-8-10-37-11-9-35;3-2(4,5)1(6)7/h2-7,12-16H,8-11H2,1H3,(H,30,33)(H,28,31,32);(H,6,7). The van der Waals surface area contributed by atoms with Crippen LogP contribution in [0.25, 0.3) is 28.1 Å². The maximum atomic E-state index is 14.5. The largest absolute Gasteiger partial charge is 0.490 e. The number of aromatic amines is 1. The minimum Gasteiger partial charge on any atom is -0.475 e. The number of rotatable bonds is 6. The van der Waals surface area contributed by atoms with E-state index in [9.17, 15) is 17.6 Å². The number of H-pyrrole nitrogens is 1. The van der Waals surface area contributed by atoms with Crippen LogP contribution in [-0.4, -0.2) is 78.5 Å². The second kappa shape index (κ2) is 12.9. The van der Waals surface area contributed by atoms with Crippen LogP contribution in [0.3, 0.4) is 0 Å². The van der Waals surface area contributed by atoms with Gasteiger partial charge < -0.3 is 20.1 Å². The third-order valence-electron chi connectivity index (χ3n) is 6.39. The quantitative estimate of drug-likeness (QED) is 0.229. The molecule has 1 aliphatic heterocycles. The van der Waals surface area contributed by atoms with Gasteiger partial charge in [0.25, 0.3) is 0 Å². The predicted octanol–water partition coefficient (Wildman–Crippen LogP) is 4.78. The van der Waals surface area contributed by atoms with Gasteiger partial charge in [-0.25, -0.2) is 23.8 Å². The molecular formula is C28H25F4N9O3. The maximum Gasteiger partial charge on any atom is 0.490 e. The summed E-state index contributed by atoms with van der Waals surface area (Å²) in [6, 6.07) is 14.3. The molecule has 3 aromatic heterocycles. The fraction of sp³-hybridized carbons (Fsp3) is 0.214. The van der Waals surface area contributed by atoms with E-state index in [-0.39, 0.29) is 5.82 Å². The molecule has 228 valence electrons. The van der Waals surface area contributed by atoms with E-state index in [1.54, 1.807) is 29.5 Å². The number of aliphatic carboxylic acids is 1. The summed E-state index contributed by atoms with van der Waals surface area (Å²) in [5.74, 6) is -2.00. The van der Waals surface area contributed by atoms with Crippen molar-refractivity contribution in [2.45, 2.75) is 13.1 Å². The molecule has 0 saturated carbocycles. The number of hydrogen-bond acceptors (Lipinski definition) is 9. The molecule has 12 nitrogen and oxygen atoms in total. The summed E-state index contributed by atoms with van der Waals surface area (Å²) in [7, 11) is 0. The molecule has 4 heterocycles. The van der Waals surface area contributed by atoms with Crippen molar-refractivity contribution < 1.29 is 32.2 Å². The summed E-state index contributed by atoms with van der Waals surface area (Å²) >= 11 is 0. The van der Waals surface area contributed by atoms with Crippen molar-refractivity contribution >= 4 is 23.6 Å². The summed E-state index contributed by atoms with van der Waals surface area (Å²) in [5.41, 5.74) is 5.39. The van der Waals surface area contributed by atoms with E-state index in [2.05, 4.69) is 40.5 Å². The third kappa shape index (κ3) is 7.33. The van der Waals surface area contributed by atoms with Crippen molar-refractivity contribution in [3.8, 4) is 28.1 Å². The summed E-state index contributed by atoms with van der Waals surface area (Å²) in [5, 5.41) is 21.9. The monoisotopic (exact) mass is 611 g/mol. The van der Waals surface area contributed by atoms with Crippen LogP contribution in [0.1, 0.15) is 5.69 Å². The number of carboxylic acids is 1. The second-order valence-corrected chi connectivity index (χ2v) is 9.47. The molecule has 1 aliphatic rings. The fourth-order valence-corrected chi connectivity index (χ4v) is 4.23. The molecule has 16 heteroatoms. The molecule has 0 bridgehead atoms. The van der Waals surface area contributed by atoms with E-state index in [0.717, 1.165) is 41.3 Å². The molecule has 5 aromatic rings. The highest BCUT2D eigenvalue weighted by Crippen LogP contribution is 2.29. The van der Waals surface area contributed by atoms with Gasteiger partial charge in [-0.15, -0.1) is 5.10 Å². The molecule has 0 amide bonds. The van der Waals surface area contributed by atoms with E-state index in [4.69, 9.17) is 14.6 Å². The number of halogens is 4. The van der Waals surface area contributed by atoms with Gasteiger partial charge in [-0.2, -0.15) is 23.3 Å². The topological polar surface area (TPSA) is 147 Å². The van der Waals surface area contributed by atoms with Gasteiger partial charge in [0.2, 0.25) is 11.9 Å². The first kappa shape index (κ1) is 30.1. The Bertz CT molecular complexity index is 1730. The van der Waals surface area contributed by atoms with Gasteiger partial charge in [0.1, 0.15) is 12.1 Å². The zero-order valence-corrected chi connectivity index (χ0v) is 23.1. The highest BCUT2D eigenvalue weighted by molar-refractivity contribution is 5.73. The molecular weight excluding hydrogens is 586 g/mol. The highest BCUT2D eigenvalue weighted by Gasteiger charge is 2.38. The second-order valence-electron chi connectivity index (χ2n) is 9.47. The number of nitrogens with one attached hydrogen (secondary N) is 2. The molecule has 2 aromatic carbocycles. The smallest absolute Gasteiger partial charge is 0.475 e. The number of carboxylic acid groups (broad SMARTS) is 1. The van der Waals surface area contributed by atoms with Gasteiger partial charge in [-0.3, -0.25) is 5.10 Å². The minimum atomic E-state index is -5.08. The molecule has 1 fully saturated rings. The van der Waals surface area contributed by atoms with E-state index in [0.29, 0.717) is 36.4 Å². The molecule has 0 aliphatic carbocycles. The number of carbonyl (C=O) groups is 1. The number of alkyl halides is 3. The SMILES string of the molecule is Cc1[nH]ncc1-c1cc(F)cc(-c2ccnc(Nc3ccc(-n4cnc(N5CCOCC5)n4)cc3)n2)c1.O=C(O)C(F)(F)F. The number of ether oxygens (including phenoxy) is 1. The first-order valence-corrected chi connectivity index (χ1v) is 13.1.